The number of amides is 1. The van der Waals surface area contributed by atoms with Crippen molar-refractivity contribution in [2.45, 2.75) is 32.2 Å². The average molecular weight is 273 g/mol. The molecule has 0 spiro atoms. The molecule has 1 aromatic carbocycles. The first kappa shape index (κ1) is 13.2. The first-order valence-electron chi connectivity index (χ1n) is 7.11. The quantitative estimate of drug-likeness (QED) is 0.915. The Morgan fingerprint density at radius 1 is 1.40 bits per heavy atom. The van der Waals surface area contributed by atoms with Gasteiger partial charge in [-0.1, -0.05) is 12.1 Å². The van der Waals surface area contributed by atoms with Crippen LogP contribution in [-0.2, 0) is 0 Å². The van der Waals surface area contributed by atoms with Gasteiger partial charge in [-0.15, -0.1) is 0 Å². The Balaban J connectivity index is 1.91. The summed E-state index contributed by atoms with van der Waals surface area (Å²) in [5.41, 5.74) is 1.85. The molecule has 1 saturated heterocycles. The Morgan fingerprint density at radius 3 is 3.05 bits per heavy atom. The topological polar surface area (TPSA) is 53.7 Å². The SMILES string of the molecule is Cc1ccc2cc(C(=O)N3CCCCC3CO)oc2c1. The molecule has 3 rings (SSSR count). The maximum atomic E-state index is 12.5. The highest BCUT2D eigenvalue weighted by molar-refractivity contribution is 5.96. The summed E-state index contributed by atoms with van der Waals surface area (Å²) in [4.78, 5) is 14.3. The van der Waals surface area contributed by atoms with Crippen LogP contribution in [0.1, 0.15) is 35.4 Å². The molecule has 1 aliphatic heterocycles. The summed E-state index contributed by atoms with van der Waals surface area (Å²) in [6.07, 6.45) is 2.91. The van der Waals surface area contributed by atoms with Gasteiger partial charge in [-0.2, -0.15) is 0 Å². The van der Waals surface area contributed by atoms with E-state index in [1.54, 1.807) is 11.0 Å². The van der Waals surface area contributed by atoms with Gasteiger partial charge in [0, 0.05) is 11.9 Å². The zero-order valence-electron chi connectivity index (χ0n) is 11.6. The molecule has 4 nitrogen and oxygen atoms in total. The molecule has 1 amide bonds. The normalized spacial score (nSPS) is 19.5. The molecule has 2 aromatic rings. The number of carbonyl (C=O) groups is 1. The minimum absolute atomic E-state index is 0.0189. The largest absolute Gasteiger partial charge is 0.451 e. The van der Waals surface area contributed by atoms with Crippen LogP contribution in [0, 0.1) is 6.92 Å². The molecule has 2 heterocycles. The van der Waals surface area contributed by atoms with Crippen molar-refractivity contribution < 1.29 is 14.3 Å². The highest BCUT2D eigenvalue weighted by Crippen LogP contribution is 2.24. The van der Waals surface area contributed by atoms with Crippen LogP contribution in [0.4, 0.5) is 0 Å². The van der Waals surface area contributed by atoms with Crippen molar-refractivity contribution in [3.63, 3.8) is 0 Å². The van der Waals surface area contributed by atoms with E-state index in [9.17, 15) is 9.90 Å². The fourth-order valence-corrected chi connectivity index (χ4v) is 2.84. The highest BCUT2D eigenvalue weighted by atomic mass is 16.3. The van der Waals surface area contributed by atoms with Gasteiger partial charge in [-0.3, -0.25) is 4.79 Å². The predicted octanol–water partition coefficient (Wildman–Crippen LogP) is 2.73. The molecule has 1 fully saturated rings. The number of piperidine rings is 1. The van der Waals surface area contributed by atoms with Gasteiger partial charge < -0.3 is 14.4 Å². The summed E-state index contributed by atoms with van der Waals surface area (Å²) in [7, 11) is 0. The standard InChI is InChI=1S/C16H19NO3/c1-11-5-6-12-9-15(20-14(12)8-11)16(19)17-7-3-2-4-13(17)10-18/h5-6,8-9,13,18H,2-4,7,10H2,1H3. The lowest BCUT2D eigenvalue weighted by atomic mass is 10.0. The summed E-state index contributed by atoms with van der Waals surface area (Å²) >= 11 is 0. The van der Waals surface area contributed by atoms with Crippen LogP contribution in [0.2, 0.25) is 0 Å². The molecule has 0 radical (unpaired) electrons. The smallest absolute Gasteiger partial charge is 0.289 e. The van der Waals surface area contributed by atoms with Crippen molar-refractivity contribution in [1.29, 1.82) is 0 Å². The van der Waals surface area contributed by atoms with E-state index in [1.807, 2.05) is 25.1 Å². The van der Waals surface area contributed by atoms with E-state index in [0.29, 0.717) is 12.3 Å². The molecule has 0 bridgehead atoms. The van der Waals surface area contributed by atoms with E-state index >= 15 is 0 Å². The number of aliphatic hydroxyl groups excluding tert-OH is 1. The van der Waals surface area contributed by atoms with E-state index in [1.165, 1.54) is 0 Å². The van der Waals surface area contributed by atoms with Gasteiger partial charge in [-0.25, -0.2) is 0 Å². The second-order valence-corrected chi connectivity index (χ2v) is 5.48. The first-order valence-corrected chi connectivity index (χ1v) is 7.11. The lowest BCUT2D eigenvalue weighted by molar-refractivity contribution is 0.0475. The van der Waals surface area contributed by atoms with Gasteiger partial charge in [-0.05, 0) is 43.9 Å². The molecule has 1 aliphatic rings. The number of hydrogen-bond donors (Lipinski definition) is 1. The summed E-state index contributed by atoms with van der Waals surface area (Å²) in [6.45, 7) is 2.71. The van der Waals surface area contributed by atoms with Crippen LogP contribution in [0.5, 0.6) is 0 Å². The molecular weight excluding hydrogens is 254 g/mol. The van der Waals surface area contributed by atoms with Crippen LogP contribution in [0.15, 0.2) is 28.7 Å². The number of rotatable bonds is 2. The Bertz CT molecular complexity index is 632. The number of carbonyl (C=O) groups excluding carboxylic acids is 1. The summed E-state index contributed by atoms with van der Waals surface area (Å²) < 4.78 is 5.68. The molecule has 1 N–H and O–H groups in total. The van der Waals surface area contributed by atoms with Crippen LogP contribution < -0.4 is 0 Å². The third-order valence-corrected chi connectivity index (χ3v) is 3.99. The minimum atomic E-state index is -0.113. The van der Waals surface area contributed by atoms with Crippen molar-refractivity contribution >= 4 is 16.9 Å². The maximum absolute atomic E-state index is 12.5. The molecule has 4 heteroatoms. The van der Waals surface area contributed by atoms with E-state index in [2.05, 4.69) is 0 Å². The molecule has 20 heavy (non-hydrogen) atoms. The van der Waals surface area contributed by atoms with Crippen molar-refractivity contribution in [1.82, 2.24) is 4.90 Å². The highest BCUT2D eigenvalue weighted by Gasteiger charge is 2.28. The van der Waals surface area contributed by atoms with Gasteiger partial charge in [0.1, 0.15) is 5.58 Å². The molecule has 1 unspecified atom stereocenters. The number of benzene rings is 1. The van der Waals surface area contributed by atoms with E-state index in [-0.39, 0.29) is 18.6 Å². The van der Waals surface area contributed by atoms with E-state index < -0.39 is 0 Å². The molecule has 1 aromatic heterocycles. The Labute approximate surface area is 118 Å². The number of likely N-dealkylation sites (tertiary alicyclic amines) is 1. The number of aliphatic hydroxyl groups is 1. The van der Waals surface area contributed by atoms with E-state index in [4.69, 9.17) is 4.42 Å². The van der Waals surface area contributed by atoms with E-state index in [0.717, 1.165) is 35.8 Å². The van der Waals surface area contributed by atoms with Crippen LogP contribution in [0.25, 0.3) is 11.0 Å². The van der Waals surface area contributed by atoms with Gasteiger partial charge in [0.15, 0.2) is 5.76 Å². The van der Waals surface area contributed by atoms with Crippen LogP contribution in [-0.4, -0.2) is 35.1 Å². The second-order valence-electron chi connectivity index (χ2n) is 5.48. The lowest BCUT2D eigenvalue weighted by Crippen LogP contribution is -2.45. The van der Waals surface area contributed by atoms with Gasteiger partial charge in [0.2, 0.25) is 0 Å². The number of nitrogens with zero attached hydrogens (tertiary/aromatic N) is 1. The zero-order chi connectivity index (χ0) is 14.1. The second kappa shape index (κ2) is 5.29. The third-order valence-electron chi connectivity index (χ3n) is 3.99. The predicted molar refractivity (Wildman–Crippen MR) is 76.7 cm³/mol. The molecule has 1 atom stereocenters. The van der Waals surface area contributed by atoms with Crippen molar-refractivity contribution in [3.8, 4) is 0 Å². The summed E-state index contributed by atoms with van der Waals surface area (Å²) in [5.74, 6) is 0.253. The number of furan rings is 1. The summed E-state index contributed by atoms with van der Waals surface area (Å²) in [5, 5.41) is 10.4. The van der Waals surface area contributed by atoms with Crippen LogP contribution >= 0.6 is 0 Å². The van der Waals surface area contributed by atoms with Gasteiger partial charge >= 0.3 is 0 Å². The summed E-state index contributed by atoms with van der Waals surface area (Å²) in [6, 6.07) is 7.62. The Hall–Kier alpha value is -1.81. The van der Waals surface area contributed by atoms with Crippen molar-refractivity contribution in [3.05, 3.63) is 35.6 Å². The van der Waals surface area contributed by atoms with Crippen molar-refractivity contribution in [2.24, 2.45) is 0 Å². The molecule has 0 aliphatic carbocycles. The fourth-order valence-electron chi connectivity index (χ4n) is 2.84. The zero-order valence-corrected chi connectivity index (χ0v) is 11.6. The van der Waals surface area contributed by atoms with Crippen molar-refractivity contribution in [2.75, 3.05) is 13.2 Å². The minimum Gasteiger partial charge on any atom is -0.451 e. The first-order chi connectivity index (χ1) is 9.69. The monoisotopic (exact) mass is 273 g/mol. The third kappa shape index (κ3) is 2.31. The maximum Gasteiger partial charge on any atom is 0.289 e. The number of fused-ring (bicyclic) bond motifs is 1. The average Bonchev–Trinajstić information content (AvgIpc) is 2.89. The molecule has 106 valence electrons. The van der Waals surface area contributed by atoms with Crippen LogP contribution in [0.3, 0.4) is 0 Å². The number of aryl methyl sites for hydroxylation is 1. The Kier molecular flexibility index (Phi) is 3.49. The van der Waals surface area contributed by atoms with Gasteiger partial charge in [0.25, 0.3) is 5.91 Å². The molecular formula is C16H19NO3. The van der Waals surface area contributed by atoms with Gasteiger partial charge in [0.05, 0.1) is 12.6 Å². The fraction of sp³-hybridized carbons (Fsp3) is 0.438. The number of hydrogen-bond acceptors (Lipinski definition) is 3. The lowest BCUT2D eigenvalue weighted by Gasteiger charge is -2.33. The molecule has 0 saturated carbocycles. The Morgan fingerprint density at radius 2 is 2.25 bits per heavy atom.